The number of amides is 2. The van der Waals surface area contributed by atoms with Gasteiger partial charge in [0.2, 0.25) is 5.91 Å². The van der Waals surface area contributed by atoms with E-state index >= 15 is 0 Å². The Morgan fingerprint density at radius 3 is 2.35 bits per heavy atom. The number of hydrogen-bond acceptors (Lipinski definition) is 5. The van der Waals surface area contributed by atoms with Crippen LogP contribution in [-0.2, 0) is 21.4 Å². The summed E-state index contributed by atoms with van der Waals surface area (Å²) >= 11 is 0. The highest BCUT2D eigenvalue weighted by atomic mass is 32.2. The molecule has 8 nitrogen and oxygen atoms in total. The van der Waals surface area contributed by atoms with E-state index in [1.807, 2.05) is 30.3 Å². The SMILES string of the molecule is O=C(CN1NS(=O)(=O)c2ccccc2C1=O)Nc1ccc(OCc2ccccc2)cc1. The monoisotopic (exact) mass is 437 g/mol. The molecule has 2 N–H and O–H groups in total. The molecule has 0 fully saturated rings. The Morgan fingerprint density at radius 2 is 1.61 bits per heavy atom. The molecule has 1 aliphatic rings. The van der Waals surface area contributed by atoms with Crippen molar-refractivity contribution in [3.63, 3.8) is 0 Å². The molecule has 0 saturated carbocycles. The van der Waals surface area contributed by atoms with Gasteiger partial charge in [0.1, 0.15) is 18.9 Å². The van der Waals surface area contributed by atoms with E-state index in [1.54, 1.807) is 30.3 Å². The number of nitrogens with one attached hydrogen (secondary N) is 2. The Balaban J connectivity index is 1.36. The molecule has 158 valence electrons. The van der Waals surface area contributed by atoms with Crippen molar-refractivity contribution < 1.29 is 22.7 Å². The van der Waals surface area contributed by atoms with E-state index in [0.717, 1.165) is 10.6 Å². The third-order valence-corrected chi connectivity index (χ3v) is 5.97. The van der Waals surface area contributed by atoms with Crippen LogP contribution in [0.1, 0.15) is 15.9 Å². The second kappa shape index (κ2) is 8.58. The summed E-state index contributed by atoms with van der Waals surface area (Å²) in [6.45, 7) is -0.0517. The predicted octanol–water partition coefficient (Wildman–Crippen LogP) is 2.55. The number of rotatable bonds is 6. The van der Waals surface area contributed by atoms with E-state index in [4.69, 9.17) is 4.74 Å². The van der Waals surface area contributed by atoms with Crippen LogP contribution in [0.25, 0.3) is 0 Å². The van der Waals surface area contributed by atoms with Crippen molar-refractivity contribution in [3.05, 3.63) is 90.0 Å². The summed E-state index contributed by atoms with van der Waals surface area (Å²) in [6, 6.07) is 22.3. The zero-order valence-electron chi connectivity index (χ0n) is 16.3. The molecule has 2 amide bonds. The van der Waals surface area contributed by atoms with Crippen LogP contribution < -0.4 is 14.9 Å². The summed E-state index contributed by atoms with van der Waals surface area (Å²) in [6.07, 6.45) is 0. The molecule has 0 atom stereocenters. The molecule has 0 aromatic heterocycles. The highest BCUT2D eigenvalue weighted by molar-refractivity contribution is 7.89. The topological polar surface area (TPSA) is 105 Å². The number of hydrazine groups is 1. The Bertz CT molecular complexity index is 1210. The van der Waals surface area contributed by atoms with Gasteiger partial charge < -0.3 is 10.1 Å². The smallest absolute Gasteiger partial charge is 0.270 e. The minimum atomic E-state index is -3.92. The van der Waals surface area contributed by atoms with Gasteiger partial charge in [0.25, 0.3) is 15.9 Å². The molecule has 0 radical (unpaired) electrons. The van der Waals surface area contributed by atoms with Gasteiger partial charge in [0.15, 0.2) is 0 Å². The zero-order chi connectivity index (χ0) is 21.8. The highest BCUT2D eigenvalue weighted by Crippen LogP contribution is 2.22. The maximum atomic E-state index is 12.5. The molecule has 0 spiro atoms. The summed E-state index contributed by atoms with van der Waals surface area (Å²) in [4.78, 5) is 26.9. The summed E-state index contributed by atoms with van der Waals surface area (Å²) < 4.78 is 30.3. The van der Waals surface area contributed by atoms with Gasteiger partial charge in [0.05, 0.1) is 10.5 Å². The van der Waals surface area contributed by atoms with Gasteiger partial charge in [-0.2, -0.15) is 0 Å². The van der Waals surface area contributed by atoms with Crippen LogP contribution in [0.5, 0.6) is 5.75 Å². The van der Waals surface area contributed by atoms with Crippen molar-refractivity contribution in [3.8, 4) is 5.75 Å². The number of ether oxygens (including phenoxy) is 1. The van der Waals surface area contributed by atoms with Crippen molar-refractivity contribution in [1.82, 2.24) is 9.84 Å². The molecule has 31 heavy (non-hydrogen) atoms. The Hall–Kier alpha value is -3.69. The molecule has 0 aliphatic carbocycles. The molecule has 0 unspecified atom stereocenters. The van der Waals surface area contributed by atoms with E-state index in [2.05, 4.69) is 10.1 Å². The largest absolute Gasteiger partial charge is 0.489 e. The number of sulfonamides is 1. The Labute approximate surface area is 179 Å². The fourth-order valence-electron chi connectivity index (χ4n) is 3.08. The highest BCUT2D eigenvalue weighted by Gasteiger charge is 2.34. The van der Waals surface area contributed by atoms with Gasteiger partial charge in [-0.05, 0) is 42.0 Å². The minimum absolute atomic E-state index is 0.0222. The number of anilines is 1. The van der Waals surface area contributed by atoms with E-state index in [1.165, 1.54) is 18.2 Å². The molecule has 4 rings (SSSR count). The maximum Gasteiger partial charge on any atom is 0.270 e. The van der Waals surface area contributed by atoms with E-state index in [9.17, 15) is 18.0 Å². The molecule has 0 bridgehead atoms. The zero-order valence-corrected chi connectivity index (χ0v) is 17.1. The standard InChI is InChI=1S/C22H19N3O5S/c26-21(14-25-22(27)19-8-4-5-9-20(19)31(28,29)24-25)23-17-10-12-18(13-11-17)30-15-16-6-2-1-3-7-16/h1-13,24H,14-15H2,(H,23,26). The van der Waals surface area contributed by atoms with Crippen LogP contribution in [0.3, 0.4) is 0 Å². The van der Waals surface area contributed by atoms with Gasteiger partial charge in [-0.3, -0.25) is 14.6 Å². The minimum Gasteiger partial charge on any atom is -0.489 e. The predicted molar refractivity (Wildman–Crippen MR) is 114 cm³/mol. The third kappa shape index (κ3) is 4.73. The Morgan fingerprint density at radius 1 is 0.935 bits per heavy atom. The number of benzene rings is 3. The summed E-state index contributed by atoms with van der Waals surface area (Å²) in [5.74, 6) is -0.504. The average Bonchev–Trinajstić information content (AvgIpc) is 2.77. The number of hydrogen-bond donors (Lipinski definition) is 2. The number of nitrogens with zero attached hydrogens (tertiary/aromatic N) is 1. The lowest BCUT2D eigenvalue weighted by atomic mass is 10.2. The Kier molecular flexibility index (Phi) is 5.70. The fraction of sp³-hybridized carbons (Fsp3) is 0.0909. The molecular formula is C22H19N3O5S. The van der Waals surface area contributed by atoms with Gasteiger partial charge in [-0.25, -0.2) is 8.42 Å². The van der Waals surface area contributed by atoms with Crippen LogP contribution in [0, 0.1) is 0 Å². The molecule has 9 heteroatoms. The number of fused-ring (bicyclic) bond motifs is 1. The summed E-state index contributed by atoms with van der Waals surface area (Å²) in [5.41, 5.74) is 1.55. The quantitative estimate of drug-likeness (QED) is 0.617. The third-order valence-electron chi connectivity index (χ3n) is 4.57. The van der Waals surface area contributed by atoms with Crippen molar-refractivity contribution >= 4 is 27.5 Å². The maximum absolute atomic E-state index is 12.5. The molecule has 0 saturated heterocycles. The second-order valence-electron chi connectivity index (χ2n) is 6.83. The van der Waals surface area contributed by atoms with Crippen molar-refractivity contribution in [2.75, 3.05) is 11.9 Å². The van der Waals surface area contributed by atoms with Crippen LogP contribution >= 0.6 is 0 Å². The molecule has 1 heterocycles. The lowest BCUT2D eigenvalue weighted by Gasteiger charge is -2.28. The second-order valence-corrected chi connectivity index (χ2v) is 8.46. The van der Waals surface area contributed by atoms with E-state index in [0.29, 0.717) is 18.0 Å². The number of carbonyl (C=O) groups excluding carboxylic acids is 2. The van der Waals surface area contributed by atoms with E-state index < -0.39 is 28.4 Å². The van der Waals surface area contributed by atoms with Gasteiger partial charge in [-0.1, -0.05) is 42.5 Å². The van der Waals surface area contributed by atoms with Crippen molar-refractivity contribution in [2.24, 2.45) is 0 Å². The fourth-order valence-corrected chi connectivity index (χ4v) is 4.32. The van der Waals surface area contributed by atoms with Crippen LogP contribution in [-0.4, -0.2) is 31.8 Å². The molecule has 1 aliphatic heterocycles. The lowest BCUT2D eigenvalue weighted by Crippen LogP contribution is -2.53. The van der Waals surface area contributed by atoms with Crippen molar-refractivity contribution in [1.29, 1.82) is 0 Å². The first-order chi connectivity index (χ1) is 14.9. The normalized spacial score (nSPS) is 14.6. The van der Waals surface area contributed by atoms with Crippen LogP contribution in [0.2, 0.25) is 0 Å². The van der Waals surface area contributed by atoms with Crippen molar-refractivity contribution in [2.45, 2.75) is 11.5 Å². The van der Waals surface area contributed by atoms with Crippen LogP contribution in [0.15, 0.2) is 83.8 Å². The van der Waals surface area contributed by atoms with Gasteiger partial charge >= 0.3 is 0 Å². The van der Waals surface area contributed by atoms with Crippen LogP contribution in [0.4, 0.5) is 5.69 Å². The average molecular weight is 437 g/mol. The first-order valence-electron chi connectivity index (χ1n) is 9.42. The molecular weight excluding hydrogens is 418 g/mol. The summed E-state index contributed by atoms with van der Waals surface area (Å²) in [7, 11) is -3.92. The first-order valence-corrected chi connectivity index (χ1v) is 10.9. The van der Waals surface area contributed by atoms with Gasteiger partial charge in [0, 0.05) is 5.69 Å². The number of carbonyl (C=O) groups is 2. The first kappa shape index (κ1) is 20.6. The lowest BCUT2D eigenvalue weighted by molar-refractivity contribution is -0.117. The molecule has 3 aromatic rings. The van der Waals surface area contributed by atoms with Gasteiger partial charge in [-0.15, -0.1) is 4.83 Å². The van der Waals surface area contributed by atoms with E-state index in [-0.39, 0.29) is 10.5 Å². The molecule has 3 aromatic carbocycles. The summed E-state index contributed by atoms with van der Waals surface area (Å²) in [5, 5.41) is 3.42.